The topological polar surface area (TPSA) is 83.6 Å². The normalized spacial score (nSPS) is 27.1. The summed E-state index contributed by atoms with van der Waals surface area (Å²) in [6, 6.07) is 4.26. The standard InChI is InChI=1S/C11H13ClN2O3S3/c1-6-11(15,14(2)10(18)19-6)7-3-4-8(12)9(5-7)20(13,16)17/h3-6,15H,1-2H3,(H2,13,16,17). The van der Waals surface area contributed by atoms with Gasteiger partial charge in [-0.25, -0.2) is 13.6 Å². The number of nitrogens with zero attached hydrogens (tertiary/aromatic N) is 1. The molecule has 0 aromatic heterocycles. The van der Waals surface area contributed by atoms with Crippen LogP contribution in [-0.2, 0) is 15.7 Å². The summed E-state index contributed by atoms with van der Waals surface area (Å²) in [6.07, 6.45) is 0. The zero-order valence-corrected chi connectivity index (χ0v) is 13.9. The summed E-state index contributed by atoms with van der Waals surface area (Å²) >= 11 is 12.4. The Labute approximate surface area is 132 Å². The summed E-state index contributed by atoms with van der Waals surface area (Å²) in [4.78, 5) is 1.32. The Kier molecular flexibility index (Phi) is 4.09. The van der Waals surface area contributed by atoms with E-state index in [1.807, 2.05) is 6.92 Å². The Hall–Kier alpha value is -0.380. The van der Waals surface area contributed by atoms with Crippen LogP contribution in [-0.4, -0.2) is 35.0 Å². The SMILES string of the molecule is CC1SC(=S)N(C)C1(O)c1ccc(Cl)c(S(N)(=O)=O)c1. The molecule has 1 heterocycles. The van der Waals surface area contributed by atoms with Crippen LogP contribution in [0, 0.1) is 0 Å². The van der Waals surface area contributed by atoms with E-state index in [0.717, 1.165) is 0 Å². The van der Waals surface area contributed by atoms with Gasteiger partial charge in [-0.15, -0.1) is 0 Å². The van der Waals surface area contributed by atoms with Gasteiger partial charge in [0.05, 0.1) is 10.3 Å². The lowest BCUT2D eigenvalue weighted by Gasteiger charge is -2.34. The van der Waals surface area contributed by atoms with Crippen molar-refractivity contribution in [2.75, 3.05) is 7.05 Å². The van der Waals surface area contributed by atoms with Gasteiger partial charge in [0.2, 0.25) is 10.0 Å². The van der Waals surface area contributed by atoms with Crippen molar-refractivity contribution >= 4 is 49.9 Å². The number of thiocarbonyl (C=S) groups is 1. The molecule has 1 saturated heterocycles. The number of hydrogen-bond acceptors (Lipinski definition) is 5. The molecule has 20 heavy (non-hydrogen) atoms. The first-order valence-electron chi connectivity index (χ1n) is 5.58. The first-order chi connectivity index (χ1) is 9.08. The van der Waals surface area contributed by atoms with Crippen molar-refractivity contribution in [1.82, 2.24) is 4.90 Å². The van der Waals surface area contributed by atoms with E-state index in [9.17, 15) is 13.5 Å². The summed E-state index contributed by atoms with van der Waals surface area (Å²) in [5.74, 6) is 0. The Morgan fingerprint density at radius 2 is 2.15 bits per heavy atom. The number of halogens is 1. The molecular weight excluding hydrogens is 340 g/mol. The molecule has 0 saturated carbocycles. The molecule has 0 radical (unpaired) electrons. The van der Waals surface area contributed by atoms with Crippen molar-refractivity contribution < 1.29 is 13.5 Å². The van der Waals surface area contributed by atoms with Crippen LogP contribution in [0.4, 0.5) is 0 Å². The number of sulfonamides is 1. The second-order valence-corrected chi connectivity index (χ2v) is 8.41. The van der Waals surface area contributed by atoms with Gasteiger partial charge < -0.3 is 10.0 Å². The zero-order valence-electron chi connectivity index (χ0n) is 10.7. The van der Waals surface area contributed by atoms with Crippen LogP contribution in [0.5, 0.6) is 0 Å². The highest BCUT2D eigenvalue weighted by atomic mass is 35.5. The van der Waals surface area contributed by atoms with Gasteiger partial charge in [0.25, 0.3) is 0 Å². The number of benzene rings is 1. The third-order valence-electron chi connectivity index (χ3n) is 3.29. The molecule has 2 atom stereocenters. The van der Waals surface area contributed by atoms with E-state index in [2.05, 4.69) is 0 Å². The van der Waals surface area contributed by atoms with Gasteiger partial charge in [-0.05, 0) is 19.1 Å². The second kappa shape index (κ2) is 5.11. The molecule has 0 bridgehead atoms. The average molecular weight is 353 g/mol. The molecule has 5 nitrogen and oxygen atoms in total. The van der Waals surface area contributed by atoms with Gasteiger partial charge >= 0.3 is 0 Å². The number of rotatable bonds is 2. The van der Waals surface area contributed by atoms with Crippen molar-refractivity contribution in [3.8, 4) is 0 Å². The van der Waals surface area contributed by atoms with E-state index < -0.39 is 15.7 Å². The van der Waals surface area contributed by atoms with E-state index in [1.54, 1.807) is 13.1 Å². The van der Waals surface area contributed by atoms with Crippen molar-refractivity contribution in [1.29, 1.82) is 0 Å². The third kappa shape index (κ3) is 2.44. The first kappa shape index (κ1) is 16.0. The summed E-state index contributed by atoms with van der Waals surface area (Å²) in [5, 5.41) is 15.8. The summed E-state index contributed by atoms with van der Waals surface area (Å²) < 4.78 is 23.6. The lowest BCUT2D eigenvalue weighted by molar-refractivity contribution is -0.0541. The van der Waals surface area contributed by atoms with E-state index in [-0.39, 0.29) is 15.2 Å². The van der Waals surface area contributed by atoms with E-state index >= 15 is 0 Å². The molecule has 2 unspecified atom stereocenters. The minimum absolute atomic E-state index is 0.0170. The predicted molar refractivity (Wildman–Crippen MR) is 84.1 cm³/mol. The van der Waals surface area contributed by atoms with Gasteiger partial charge in [-0.2, -0.15) is 0 Å². The van der Waals surface area contributed by atoms with Gasteiger partial charge in [0.15, 0.2) is 5.72 Å². The minimum Gasteiger partial charge on any atom is -0.366 e. The van der Waals surface area contributed by atoms with E-state index in [0.29, 0.717) is 9.88 Å². The maximum absolute atomic E-state index is 11.5. The van der Waals surface area contributed by atoms with Crippen LogP contribution in [0.15, 0.2) is 23.1 Å². The van der Waals surface area contributed by atoms with Crippen molar-refractivity contribution in [2.45, 2.75) is 22.8 Å². The number of thioether (sulfide) groups is 1. The maximum Gasteiger partial charge on any atom is 0.239 e. The Bertz CT molecular complexity index is 679. The van der Waals surface area contributed by atoms with E-state index in [4.69, 9.17) is 29.0 Å². The van der Waals surface area contributed by atoms with Crippen molar-refractivity contribution in [3.05, 3.63) is 28.8 Å². The van der Waals surface area contributed by atoms with Gasteiger partial charge in [0.1, 0.15) is 9.22 Å². The molecule has 1 aliphatic heterocycles. The number of primary sulfonamides is 1. The molecule has 1 aromatic carbocycles. The predicted octanol–water partition coefficient (Wildman–Crippen LogP) is 1.48. The summed E-state index contributed by atoms with van der Waals surface area (Å²) in [6.45, 7) is 1.81. The molecule has 1 aliphatic rings. The highest BCUT2D eigenvalue weighted by Gasteiger charge is 2.48. The van der Waals surface area contributed by atoms with Crippen LogP contribution in [0.25, 0.3) is 0 Å². The van der Waals surface area contributed by atoms with Gasteiger partial charge in [-0.1, -0.05) is 41.6 Å². The van der Waals surface area contributed by atoms with Crippen LogP contribution < -0.4 is 5.14 Å². The quantitative estimate of drug-likeness (QED) is 0.784. The fraction of sp³-hybridized carbons (Fsp3) is 0.364. The molecule has 9 heteroatoms. The van der Waals surface area contributed by atoms with Crippen LogP contribution in [0.1, 0.15) is 12.5 Å². The van der Waals surface area contributed by atoms with Crippen molar-refractivity contribution in [3.63, 3.8) is 0 Å². The molecule has 3 N–H and O–H groups in total. The maximum atomic E-state index is 11.5. The second-order valence-electron chi connectivity index (χ2n) is 4.50. The molecule has 1 aromatic rings. The zero-order chi connectivity index (χ0) is 15.3. The Morgan fingerprint density at radius 3 is 2.60 bits per heavy atom. The molecule has 0 spiro atoms. The molecule has 0 aliphatic carbocycles. The average Bonchev–Trinajstić information content (AvgIpc) is 2.53. The number of aliphatic hydroxyl groups is 1. The number of hydrogen-bond donors (Lipinski definition) is 2. The molecule has 110 valence electrons. The van der Waals surface area contributed by atoms with Crippen LogP contribution >= 0.6 is 35.6 Å². The number of nitrogens with two attached hydrogens (primary N) is 1. The van der Waals surface area contributed by atoms with Crippen LogP contribution in [0.3, 0.4) is 0 Å². The Morgan fingerprint density at radius 1 is 1.55 bits per heavy atom. The summed E-state index contributed by atoms with van der Waals surface area (Å²) in [5.41, 5.74) is -1.01. The minimum atomic E-state index is -3.96. The first-order valence-corrected chi connectivity index (χ1v) is 8.79. The Balaban J connectivity index is 2.62. The lowest BCUT2D eigenvalue weighted by Crippen LogP contribution is -2.45. The lowest BCUT2D eigenvalue weighted by atomic mass is 9.99. The van der Waals surface area contributed by atoms with Crippen molar-refractivity contribution in [2.24, 2.45) is 5.14 Å². The smallest absolute Gasteiger partial charge is 0.239 e. The van der Waals surface area contributed by atoms with Gasteiger partial charge in [0, 0.05) is 12.6 Å². The van der Waals surface area contributed by atoms with Crippen LogP contribution in [0.2, 0.25) is 5.02 Å². The fourth-order valence-electron chi connectivity index (χ4n) is 2.10. The summed E-state index contributed by atoms with van der Waals surface area (Å²) in [7, 11) is -2.31. The molecule has 0 amide bonds. The van der Waals surface area contributed by atoms with Gasteiger partial charge in [-0.3, -0.25) is 0 Å². The molecule has 1 fully saturated rings. The highest BCUT2D eigenvalue weighted by molar-refractivity contribution is 8.23. The largest absolute Gasteiger partial charge is 0.366 e. The monoisotopic (exact) mass is 352 g/mol. The molecular formula is C11H13ClN2O3S3. The van der Waals surface area contributed by atoms with E-state index in [1.165, 1.54) is 28.8 Å². The fourth-order valence-corrected chi connectivity index (χ4v) is 4.80. The third-order valence-corrected chi connectivity index (χ3v) is 6.40. The molecule has 2 rings (SSSR count). The highest BCUT2D eigenvalue weighted by Crippen LogP contribution is 2.44.